The van der Waals surface area contributed by atoms with Crippen molar-refractivity contribution in [1.29, 1.82) is 0 Å². The first-order valence-corrected chi connectivity index (χ1v) is 5.26. The number of Topliss-reactive ketones (excluding diaryl/α,β-unsaturated/α-hetero) is 1. The monoisotopic (exact) mass is 348 g/mol. The molecule has 0 fully saturated rings. The number of hydrogen-bond donors (Lipinski definition) is 0. The lowest BCUT2D eigenvalue weighted by Gasteiger charge is -2.11. The maximum absolute atomic E-state index is 12.4. The Balaban J connectivity index is 3.39. The molecule has 0 spiro atoms. The second-order valence-corrected chi connectivity index (χ2v) is 4.44. The van der Waals surface area contributed by atoms with Gasteiger partial charge in [-0.15, -0.1) is 0 Å². The van der Waals surface area contributed by atoms with Crippen molar-refractivity contribution in [2.75, 3.05) is 0 Å². The van der Waals surface area contributed by atoms with E-state index in [9.17, 15) is 18.0 Å². The number of ketones is 1. The van der Waals surface area contributed by atoms with Crippen LogP contribution in [0.25, 0.3) is 0 Å². The van der Waals surface area contributed by atoms with Crippen LogP contribution in [0, 0.1) is 3.57 Å². The number of hydrogen-bond acceptors (Lipinski definition) is 1. The predicted octanol–water partition coefficient (Wildman–Crippen LogP) is 4.17. The Kier molecular flexibility index (Phi) is 3.65. The predicted molar refractivity (Wildman–Crippen MR) is 59.2 cm³/mol. The zero-order chi connectivity index (χ0) is 11.8. The van der Waals surface area contributed by atoms with Crippen LogP contribution in [0.1, 0.15) is 22.8 Å². The van der Waals surface area contributed by atoms with E-state index >= 15 is 0 Å². The minimum absolute atomic E-state index is 0.202. The van der Waals surface area contributed by atoms with E-state index in [2.05, 4.69) is 0 Å². The summed E-state index contributed by atoms with van der Waals surface area (Å²) in [5.41, 5.74) is -0.716. The smallest absolute Gasteiger partial charge is 0.294 e. The molecule has 0 radical (unpaired) electrons. The molecule has 15 heavy (non-hydrogen) atoms. The lowest BCUT2D eigenvalue weighted by Crippen LogP contribution is -2.08. The molecule has 0 unspecified atom stereocenters. The minimum Gasteiger partial charge on any atom is -0.294 e. The molecule has 1 nitrogen and oxygen atoms in total. The van der Waals surface area contributed by atoms with Gasteiger partial charge >= 0.3 is 6.18 Å². The molecule has 0 aliphatic rings. The number of carbonyl (C=O) groups excluding carboxylic acids is 1. The molecule has 0 aliphatic heterocycles. The van der Waals surface area contributed by atoms with E-state index in [-0.39, 0.29) is 14.9 Å². The van der Waals surface area contributed by atoms with Crippen molar-refractivity contribution >= 4 is 40.0 Å². The number of carbonyl (C=O) groups is 1. The second-order valence-electron chi connectivity index (χ2n) is 2.87. The minimum atomic E-state index is -4.49. The van der Waals surface area contributed by atoms with E-state index in [0.717, 1.165) is 12.1 Å². The maximum Gasteiger partial charge on any atom is 0.417 e. The Morgan fingerprint density at radius 1 is 1.40 bits per heavy atom. The standard InChI is InChI=1S/C9H5ClF3IO/c1-4(15)5-2-7(10)6(3-8(5)14)9(11,12)13/h2-3H,1H3. The lowest BCUT2D eigenvalue weighted by atomic mass is 10.1. The molecule has 0 amide bonds. The van der Waals surface area contributed by atoms with Gasteiger partial charge in [0.15, 0.2) is 5.78 Å². The van der Waals surface area contributed by atoms with Crippen LogP contribution >= 0.6 is 34.2 Å². The molecular weight excluding hydrogens is 343 g/mol. The van der Waals surface area contributed by atoms with Gasteiger partial charge in [0, 0.05) is 9.13 Å². The van der Waals surface area contributed by atoms with Crippen LogP contribution < -0.4 is 0 Å². The third kappa shape index (κ3) is 2.84. The van der Waals surface area contributed by atoms with Gasteiger partial charge in [0.2, 0.25) is 0 Å². The molecule has 0 saturated heterocycles. The van der Waals surface area contributed by atoms with Gasteiger partial charge < -0.3 is 0 Å². The van der Waals surface area contributed by atoms with E-state index < -0.39 is 16.8 Å². The van der Waals surface area contributed by atoms with Gasteiger partial charge in [-0.25, -0.2) is 0 Å². The summed E-state index contributed by atoms with van der Waals surface area (Å²) in [6.45, 7) is 1.28. The number of alkyl halides is 3. The fourth-order valence-corrected chi connectivity index (χ4v) is 2.15. The first-order chi connectivity index (χ1) is 6.73. The third-order valence-corrected chi connectivity index (χ3v) is 2.95. The lowest BCUT2D eigenvalue weighted by molar-refractivity contribution is -0.137. The van der Waals surface area contributed by atoms with Crippen molar-refractivity contribution in [3.05, 3.63) is 31.9 Å². The molecule has 0 heterocycles. The first-order valence-electron chi connectivity index (χ1n) is 3.80. The molecule has 0 aliphatic carbocycles. The van der Waals surface area contributed by atoms with Crippen LogP contribution in [0.4, 0.5) is 13.2 Å². The molecule has 0 bridgehead atoms. The molecule has 0 saturated carbocycles. The van der Waals surface area contributed by atoms with Crippen molar-refractivity contribution < 1.29 is 18.0 Å². The van der Waals surface area contributed by atoms with Crippen LogP contribution in [0.5, 0.6) is 0 Å². The molecule has 6 heteroatoms. The van der Waals surface area contributed by atoms with E-state index in [0.29, 0.717) is 0 Å². The molecule has 0 aromatic heterocycles. The Labute approximate surface area is 103 Å². The van der Waals surface area contributed by atoms with Gasteiger partial charge in [0.1, 0.15) is 0 Å². The van der Waals surface area contributed by atoms with Crippen molar-refractivity contribution in [2.24, 2.45) is 0 Å². The van der Waals surface area contributed by atoms with E-state index in [1.807, 2.05) is 0 Å². The summed E-state index contributed by atoms with van der Waals surface area (Å²) in [4.78, 5) is 11.0. The quantitative estimate of drug-likeness (QED) is 0.550. The summed E-state index contributed by atoms with van der Waals surface area (Å²) in [6, 6.07) is 1.92. The summed E-state index contributed by atoms with van der Waals surface area (Å²) in [5.74, 6) is -0.310. The van der Waals surface area contributed by atoms with Crippen molar-refractivity contribution in [2.45, 2.75) is 13.1 Å². The molecule has 0 N–H and O–H groups in total. The highest BCUT2D eigenvalue weighted by atomic mass is 127. The van der Waals surface area contributed by atoms with E-state index in [1.165, 1.54) is 6.92 Å². The SMILES string of the molecule is CC(=O)c1cc(Cl)c(C(F)(F)F)cc1I. The summed E-state index contributed by atoms with van der Waals surface area (Å²) < 4.78 is 37.4. The van der Waals surface area contributed by atoms with Gasteiger partial charge in [0.05, 0.1) is 10.6 Å². The number of rotatable bonds is 1. The average molecular weight is 348 g/mol. The topological polar surface area (TPSA) is 17.1 Å². The van der Waals surface area contributed by atoms with Crippen molar-refractivity contribution in [1.82, 2.24) is 0 Å². The Morgan fingerprint density at radius 3 is 2.33 bits per heavy atom. The highest BCUT2D eigenvalue weighted by Crippen LogP contribution is 2.36. The first kappa shape index (κ1) is 12.8. The Hall–Kier alpha value is -0.300. The van der Waals surface area contributed by atoms with Crippen LogP contribution in [0.15, 0.2) is 12.1 Å². The molecule has 82 valence electrons. The fraction of sp³-hybridized carbons (Fsp3) is 0.222. The zero-order valence-corrected chi connectivity index (χ0v) is 10.4. The Bertz CT molecular complexity index is 415. The third-order valence-electron chi connectivity index (χ3n) is 1.74. The van der Waals surface area contributed by atoms with Crippen molar-refractivity contribution in [3.8, 4) is 0 Å². The highest BCUT2D eigenvalue weighted by molar-refractivity contribution is 14.1. The van der Waals surface area contributed by atoms with Crippen LogP contribution in [-0.2, 0) is 6.18 Å². The van der Waals surface area contributed by atoms with Crippen LogP contribution in [0.2, 0.25) is 5.02 Å². The average Bonchev–Trinajstić information content (AvgIpc) is 2.06. The van der Waals surface area contributed by atoms with E-state index in [4.69, 9.17) is 11.6 Å². The van der Waals surface area contributed by atoms with Gasteiger partial charge in [-0.3, -0.25) is 4.79 Å². The summed E-state index contributed by atoms with van der Waals surface area (Å²) in [7, 11) is 0. The highest BCUT2D eigenvalue weighted by Gasteiger charge is 2.34. The summed E-state index contributed by atoms with van der Waals surface area (Å²) >= 11 is 7.13. The Morgan fingerprint density at radius 2 is 1.93 bits per heavy atom. The van der Waals surface area contributed by atoms with Gasteiger partial charge in [-0.05, 0) is 41.6 Å². The van der Waals surface area contributed by atoms with Crippen LogP contribution in [0.3, 0.4) is 0 Å². The summed E-state index contributed by atoms with van der Waals surface area (Å²) in [6.07, 6.45) is -4.49. The second kappa shape index (κ2) is 4.29. The zero-order valence-electron chi connectivity index (χ0n) is 7.45. The molecule has 1 aromatic rings. The van der Waals surface area contributed by atoms with Crippen molar-refractivity contribution in [3.63, 3.8) is 0 Å². The normalized spacial score (nSPS) is 11.6. The molecular formula is C9H5ClF3IO. The molecule has 1 aromatic carbocycles. The largest absolute Gasteiger partial charge is 0.417 e. The van der Waals surface area contributed by atoms with Crippen LogP contribution in [-0.4, -0.2) is 5.78 Å². The van der Waals surface area contributed by atoms with Gasteiger partial charge in [-0.2, -0.15) is 13.2 Å². The van der Waals surface area contributed by atoms with Gasteiger partial charge in [-0.1, -0.05) is 11.6 Å². The number of benzene rings is 1. The summed E-state index contributed by atoms with van der Waals surface area (Å²) in [5, 5.41) is -0.451. The number of halogens is 5. The van der Waals surface area contributed by atoms with E-state index in [1.54, 1.807) is 22.6 Å². The fourth-order valence-electron chi connectivity index (χ4n) is 1.03. The van der Waals surface area contributed by atoms with Gasteiger partial charge in [0.25, 0.3) is 0 Å². The maximum atomic E-state index is 12.4. The molecule has 1 rings (SSSR count). The molecule has 0 atom stereocenters.